The molecule has 1 unspecified atom stereocenters. The van der Waals surface area contributed by atoms with E-state index >= 15 is 0 Å². The first-order valence-electron chi connectivity index (χ1n) is 7.36. The van der Waals surface area contributed by atoms with Gasteiger partial charge in [0.2, 0.25) is 5.91 Å². The molecule has 19 heavy (non-hydrogen) atoms. The summed E-state index contributed by atoms with van der Waals surface area (Å²) in [6.45, 7) is 4.02. The summed E-state index contributed by atoms with van der Waals surface area (Å²) in [6, 6.07) is -0.394. The molecule has 0 heterocycles. The lowest BCUT2D eigenvalue weighted by Gasteiger charge is -2.12. The maximum Gasteiger partial charge on any atom is 0.236 e. The number of hydrogen-bond donors (Lipinski definition) is 5. The molecule has 0 aromatic carbocycles. The monoisotopic (exact) mass is 273 g/mol. The second-order valence-corrected chi connectivity index (χ2v) is 4.78. The molecule has 0 spiro atoms. The molecule has 0 radical (unpaired) electrons. The Hall–Kier alpha value is -0.690. The third-order valence-corrected chi connectivity index (χ3v) is 2.94. The van der Waals surface area contributed by atoms with Crippen molar-refractivity contribution in [3.8, 4) is 0 Å². The molecule has 0 bridgehead atoms. The lowest BCUT2D eigenvalue weighted by Crippen LogP contribution is -2.41. The van der Waals surface area contributed by atoms with E-state index in [0.29, 0.717) is 19.5 Å². The number of rotatable bonds is 13. The Bertz CT molecular complexity index is 213. The summed E-state index contributed by atoms with van der Waals surface area (Å²) in [7, 11) is 0. The van der Waals surface area contributed by atoms with Crippen molar-refractivity contribution in [2.45, 2.75) is 44.6 Å². The van der Waals surface area contributed by atoms with E-state index in [1.807, 2.05) is 0 Å². The molecule has 0 saturated heterocycles. The van der Waals surface area contributed by atoms with Crippen molar-refractivity contribution in [1.82, 2.24) is 10.6 Å². The van der Waals surface area contributed by atoms with E-state index < -0.39 is 6.04 Å². The second kappa shape index (κ2) is 13.7. The first-order chi connectivity index (χ1) is 9.22. The standard InChI is InChI=1S/C13H31N5O/c14-7-2-1-6-12(16)13(19)18-11-4-3-9-17-10-5-8-15/h12,17H,1-11,14-16H2,(H,18,19). The van der Waals surface area contributed by atoms with E-state index in [1.165, 1.54) is 0 Å². The topological polar surface area (TPSA) is 119 Å². The van der Waals surface area contributed by atoms with Crippen LogP contribution in [-0.2, 0) is 4.79 Å². The molecule has 1 amide bonds. The number of carbonyl (C=O) groups is 1. The Morgan fingerprint density at radius 1 is 0.895 bits per heavy atom. The van der Waals surface area contributed by atoms with Crippen LogP contribution in [0, 0.1) is 0 Å². The van der Waals surface area contributed by atoms with Crippen LogP contribution in [-0.4, -0.2) is 44.7 Å². The van der Waals surface area contributed by atoms with Gasteiger partial charge in [-0.1, -0.05) is 6.42 Å². The predicted molar refractivity (Wildman–Crippen MR) is 79.7 cm³/mol. The van der Waals surface area contributed by atoms with Gasteiger partial charge in [-0.15, -0.1) is 0 Å². The van der Waals surface area contributed by atoms with Crippen molar-refractivity contribution in [3.63, 3.8) is 0 Å². The molecule has 6 heteroatoms. The fourth-order valence-corrected chi connectivity index (χ4v) is 1.71. The highest BCUT2D eigenvalue weighted by Crippen LogP contribution is 1.98. The van der Waals surface area contributed by atoms with Gasteiger partial charge in [0.1, 0.15) is 0 Å². The van der Waals surface area contributed by atoms with Gasteiger partial charge >= 0.3 is 0 Å². The summed E-state index contributed by atoms with van der Waals surface area (Å²) in [5.74, 6) is -0.0480. The van der Waals surface area contributed by atoms with Crippen molar-refractivity contribution < 1.29 is 4.79 Å². The first-order valence-corrected chi connectivity index (χ1v) is 7.36. The van der Waals surface area contributed by atoms with Crippen molar-refractivity contribution >= 4 is 5.91 Å². The lowest BCUT2D eigenvalue weighted by atomic mass is 10.1. The van der Waals surface area contributed by atoms with Crippen LogP contribution in [0.2, 0.25) is 0 Å². The minimum Gasteiger partial charge on any atom is -0.355 e. The average molecular weight is 273 g/mol. The summed E-state index contributed by atoms with van der Waals surface area (Å²) < 4.78 is 0. The molecule has 0 saturated carbocycles. The van der Waals surface area contributed by atoms with Crippen LogP contribution in [0.4, 0.5) is 0 Å². The van der Waals surface area contributed by atoms with Gasteiger partial charge in [0.15, 0.2) is 0 Å². The lowest BCUT2D eigenvalue weighted by molar-refractivity contribution is -0.122. The zero-order chi connectivity index (χ0) is 14.3. The fraction of sp³-hybridized carbons (Fsp3) is 0.923. The summed E-state index contributed by atoms with van der Waals surface area (Å²) >= 11 is 0. The first kappa shape index (κ1) is 18.3. The predicted octanol–water partition coefficient (Wildman–Crippen LogP) is -0.722. The number of nitrogens with two attached hydrogens (primary N) is 3. The molecule has 6 nitrogen and oxygen atoms in total. The van der Waals surface area contributed by atoms with Crippen LogP contribution >= 0.6 is 0 Å². The smallest absolute Gasteiger partial charge is 0.236 e. The Morgan fingerprint density at radius 2 is 1.53 bits per heavy atom. The Morgan fingerprint density at radius 3 is 2.21 bits per heavy atom. The van der Waals surface area contributed by atoms with Crippen molar-refractivity contribution in [2.24, 2.45) is 17.2 Å². The van der Waals surface area contributed by atoms with Gasteiger partial charge in [0, 0.05) is 6.54 Å². The van der Waals surface area contributed by atoms with Gasteiger partial charge < -0.3 is 27.8 Å². The molecule has 8 N–H and O–H groups in total. The van der Waals surface area contributed by atoms with Crippen LogP contribution in [0.3, 0.4) is 0 Å². The van der Waals surface area contributed by atoms with Crippen molar-refractivity contribution in [3.05, 3.63) is 0 Å². The number of unbranched alkanes of at least 4 members (excludes halogenated alkanes) is 2. The molecule has 114 valence electrons. The zero-order valence-electron chi connectivity index (χ0n) is 12.0. The van der Waals surface area contributed by atoms with Crippen LogP contribution < -0.4 is 27.8 Å². The van der Waals surface area contributed by atoms with Crippen LogP contribution in [0.15, 0.2) is 0 Å². The van der Waals surface area contributed by atoms with Gasteiger partial charge in [-0.25, -0.2) is 0 Å². The Labute approximate surface area is 116 Å². The van der Waals surface area contributed by atoms with Gasteiger partial charge in [0.05, 0.1) is 6.04 Å². The highest BCUT2D eigenvalue weighted by Gasteiger charge is 2.11. The summed E-state index contributed by atoms with van der Waals surface area (Å²) in [5, 5.41) is 6.17. The van der Waals surface area contributed by atoms with Gasteiger partial charge in [-0.2, -0.15) is 0 Å². The average Bonchev–Trinajstić information content (AvgIpc) is 2.41. The third-order valence-electron chi connectivity index (χ3n) is 2.94. The van der Waals surface area contributed by atoms with Gasteiger partial charge in [0.25, 0.3) is 0 Å². The summed E-state index contributed by atoms with van der Waals surface area (Å²) in [4.78, 5) is 11.6. The largest absolute Gasteiger partial charge is 0.355 e. The Kier molecular flexibility index (Phi) is 13.2. The minimum absolute atomic E-state index is 0.0480. The fourth-order valence-electron chi connectivity index (χ4n) is 1.71. The van der Waals surface area contributed by atoms with E-state index in [-0.39, 0.29) is 5.91 Å². The van der Waals surface area contributed by atoms with Gasteiger partial charge in [-0.05, 0) is 58.3 Å². The van der Waals surface area contributed by atoms with E-state index in [9.17, 15) is 4.79 Å². The second-order valence-electron chi connectivity index (χ2n) is 4.78. The maximum absolute atomic E-state index is 11.6. The van der Waals surface area contributed by atoms with Crippen molar-refractivity contribution in [2.75, 3.05) is 32.7 Å². The maximum atomic E-state index is 11.6. The molecule has 0 aliphatic rings. The normalized spacial score (nSPS) is 12.4. The zero-order valence-corrected chi connectivity index (χ0v) is 12.0. The minimum atomic E-state index is -0.394. The number of nitrogens with one attached hydrogen (secondary N) is 2. The Balaban J connectivity index is 3.32. The number of carbonyl (C=O) groups excluding carboxylic acids is 1. The molecule has 0 aromatic heterocycles. The summed E-state index contributed by atoms with van der Waals surface area (Å²) in [6.07, 6.45) is 5.58. The van der Waals surface area contributed by atoms with E-state index in [2.05, 4.69) is 10.6 Å². The third kappa shape index (κ3) is 12.1. The molecule has 1 atom stereocenters. The number of hydrogen-bond acceptors (Lipinski definition) is 5. The molecular formula is C13H31N5O. The van der Waals surface area contributed by atoms with Crippen LogP contribution in [0.5, 0.6) is 0 Å². The quantitative estimate of drug-likeness (QED) is 0.284. The molecule has 0 aliphatic heterocycles. The van der Waals surface area contributed by atoms with Crippen molar-refractivity contribution in [1.29, 1.82) is 0 Å². The highest BCUT2D eigenvalue weighted by molar-refractivity contribution is 5.81. The van der Waals surface area contributed by atoms with E-state index in [0.717, 1.165) is 51.7 Å². The molecule has 0 aromatic rings. The molecule has 0 fully saturated rings. The molecule has 0 rings (SSSR count). The summed E-state index contributed by atoms with van der Waals surface area (Å²) in [5.41, 5.74) is 16.6. The van der Waals surface area contributed by atoms with Crippen LogP contribution in [0.25, 0.3) is 0 Å². The molecular weight excluding hydrogens is 242 g/mol. The van der Waals surface area contributed by atoms with E-state index in [4.69, 9.17) is 17.2 Å². The van der Waals surface area contributed by atoms with Gasteiger partial charge in [-0.3, -0.25) is 4.79 Å². The number of amides is 1. The SMILES string of the molecule is NCCCCC(N)C(=O)NCCCCNCCCN. The van der Waals surface area contributed by atoms with Crippen LogP contribution in [0.1, 0.15) is 38.5 Å². The van der Waals surface area contributed by atoms with E-state index in [1.54, 1.807) is 0 Å². The molecule has 0 aliphatic carbocycles. The highest BCUT2D eigenvalue weighted by atomic mass is 16.2.